The molecule has 0 atom stereocenters. The van der Waals surface area contributed by atoms with Gasteiger partial charge in [0, 0.05) is 26.1 Å². The summed E-state index contributed by atoms with van der Waals surface area (Å²) in [5, 5.41) is 7.97. The van der Waals surface area contributed by atoms with Crippen molar-refractivity contribution in [3.8, 4) is 0 Å². The van der Waals surface area contributed by atoms with Crippen molar-refractivity contribution >= 4 is 17.9 Å². The van der Waals surface area contributed by atoms with Gasteiger partial charge in [0.15, 0.2) is 0 Å². The average molecular weight is 363 g/mol. The summed E-state index contributed by atoms with van der Waals surface area (Å²) in [5.41, 5.74) is 1.51. The molecule has 0 radical (unpaired) electrons. The minimum absolute atomic E-state index is 0.0866. The minimum Gasteiger partial charge on any atom is -0.444 e. The molecule has 3 N–H and O–H groups in total. The smallest absolute Gasteiger partial charge is 0.407 e. The number of hydrogen-bond donors (Lipinski definition) is 3. The van der Waals surface area contributed by atoms with Gasteiger partial charge in [-0.3, -0.25) is 9.59 Å². The minimum atomic E-state index is -0.566. The highest BCUT2D eigenvalue weighted by Gasteiger charge is 2.15. The summed E-state index contributed by atoms with van der Waals surface area (Å²) in [6.45, 7) is 8.18. The quantitative estimate of drug-likeness (QED) is 0.612. The predicted molar refractivity (Wildman–Crippen MR) is 99.8 cm³/mol. The first-order valence-corrected chi connectivity index (χ1v) is 8.71. The Labute approximate surface area is 154 Å². The van der Waals surface area contributed by atoms with Crippen molar-refractivity contribution in [1.29, 1.82) is 0 Å². The lowest BCUT2D eigenvalue weighted by atomic mass is 10.1. The molecule has 0 aliphatic heterocycles. The van der Waals surface area contributed by atoms with Crippen LogP contribution in [0.4, 0.5) is 4.79 Å². The molecule has 0 aliphatic carbocycles. The lowest BCUT2D eigenvalue weighted by Crippen LogP contribution is -2.37. The molecular weight excluding hydrogens is 334 g/mol. The van der Waals surface area contributed by atoms with Crippen LogP contribution in [0.25, 0.3) is 0 Å². The van der Waals surface area contributed by atoms with Crippen molar-refractivity contribution < 1.29 is 19.1 Å². The monoisotopic (exact) mass is 363 g/mol. The van der Waals surface area contributed by atoms with Gasteiger partial charge in [-0.25, -0.2) is 4.79 Å². The Kier molecular flexibility index (Phi) is 8.61. The van der Waals surface area contributed by atoms with Gasteiger partial charge in [0.25, 0.3) is 0 Å². The molecule has 3 amide bonds. The van der Waals surface area contributed by atoms with E-state index < -0.39 is 11.7 Å². The summed E-state index contributed by atoms with van der Waals surface area (Å²) in [6.07, 6.45) is -0.0833. The number of ether oxygens (including phenoxy) is 1. The largest absolute Gasteiger partial charge is 0.444 e. The van der Waals surface area contributed by atoms with E-state index in [1.54, 1.807) is 20.8 Å². The summed E-state index contributed by atoms with van der Waals surface area (Å²) in [7, 11) is 0. The van der Waals surface area contributed by atoms with E-state index in [1.165, 1.54) is 0 Å². The number of carbonyl (C=O) groups excluding carboxylic acids is 3. The molecule has 1 aromatic rings. The highest BCUT2D eigenvalue weighted by atomic mass is 16.6. The van der Waals surface area contributed by atoms with Gasteiger partial charge in [-0.15, -0.1) is 0 Å². The Bertz CT molecular complexity index is 623. The number of rotatable bonds is 8. The van der Waals surface area contributed by atoms with Gasteiger partial charge in [0.2, 0.25) is 11.8 Å². The van der Waals surface area contributed by atoms with Crippen LogP contribution in [0.3, 0.4) is 0 Å². The molecule has 144 valence electrons. The fourth-order valence-electron chi connectivity index (χ4n) is 2.15. The molecule has 0 fully saturated rings. The Balaban J connectivity index is 2.10. The molecule has 0 saturated carbocycles. The maximum absolute atomic E-state index is 11.8. The maximum atomic E-state index is 11.8. The van der Waals surface area contributed by atoms with Gasteiger partial charge in [-0.1, -0.05) is 29.8 Å². The Morgan fingerprint density at radius 1 is 0.962 bits per heavy atom. The molecule has 26 heavy (non-hydrogen) atoms. The number of amides is 3. The standard InChI is InChI=1S/C19H29N3O4/c1-14-6-5-7-15(12-14)13-17(24)21-11-10-20-16(23)8-9-22-18(25)26-19(2,3)4/h5-7,12H,8-11,13H2,1-4H3,(H,20,23)(H,21,24)(H,22,25). The van der Waals surface area contributed by atoms with Crippen LogP contribution in [0.2, 0.25) is 0 Å². The molecule has 0 bridgehead atoms. The molecule has 0 aliphatic rings. The normalized spacial score (nSPS) is 10.8. The van der Waals surface area contributed by atoms with E-state index in [9.17, 15) is 14.4 Å². The molecule has 1 aromatic carbocycles. The Hall–Kier alpha value is -2.57. The summed E-state index contributed by atoms with van der Waals surface area (Å²) in [5.74, 6) is -0.287. The zero-order chi connectivity index (χ0) is 19.6. The third kappa shape index (κ3) is 10.3. The van der Waals surface area contributed by atoms with Crippen LogP contribution in [-0.2, 0) is 20.7 Å². The van der Waals surface area contributed by atoms with Crippen molar-refractivity contribution in [3.63, 3.8) is 0 Å². The zero-order valence-corrected chi connectivity index (χ0v) is 16.0. The van der Waals surface area contributed by atoms with Gasteiger partial charge in [0.1, 0.15) is 5.60 Å². The maximum Gasteiger partial charge on any atom is 0.407 e. The highest BCUT2D eigenvalue weighted by Crippen LogP contribution is 2.06. The summed E-state index contributed by atoms with van der Waals surface area (Å²) >= 11 is 0. The number of benzene rings is 1. The van der Waals surface area contributed by atoms with Crippen LogP contribution in [0.5, 0.6) is 0 Å². The summed E-state index contributed by atoms with van der Waals surface area (Å²) in [4.78, 5) is 34.9. The van der Waals surface area contributed by atoms with Crippen LogP contribution in [0, 0.1) is 6.92 Å². The second kappa shape index (κ2) is 10.4. The first kappa shape index (κ1) is 21.5. The van der Waals surface area contributed by atoms with Gasteiger partial charge in [-0.2, -0.15) is 0 Å². The van der Waals surface area contributed by atoms with Gasteiger partial charge in [0.05, 0.1) is 6.42 Å². The van der Waals surface area contributed by atoms with E-state index in [1.807, 2.05) is 31.2 Å². The second-order valence-corrected chi connectivity index (χ2v) is 7.04. The molecule has 0 unspecified atom stereocenters. The SMILES string of the molecule is Cc1cccc(CC(=O)NCCNC(=O)CCNC(=O)OC(C)(C)C)c1. The second-order valence-electron chi connectivity index (χ2n) is 7.04. The zero-order valence-electron chi connectivity index (χ0n) is 16.0. The first-order chi connectivity index (χ1) is 12.2. The summed E-state index contributed by atoms with van der Waals surface area (Å²) in [6, 6.07) is 7.78. The van der Waals surface area contributed by atoms with Crippen LogP contribution >= 0.6 is 0 Å². The molecule has 0 heterocycles. The first-order valence-electron chi connectivity index (χ1n) is 8.71. The topological polar surface area (TPSA) is 96.5 Å². The third-order valence-electron chi connectivity index (χ3n) is 3.24. The van der Waals surface area contributed by atoms with Crippen molar-refractivity contribution in [2.45, 2.75) is 46.1 Å². The van der Waals surface area contributed by atoms with E-state index in [-0.39, 0.29) is 24.8 Å². The average Bonchev–Trinajstić information content (AvgIpc) is 2.50. The van der Waals surface area contributed by atoms with Gasteiger partial charge < -0.3 is 20.7 Å². The van der Waals surface area contributed by atoms with Crippen LogP contribution in [0.1, 0.15) is 38.3 Å². The number of nitrogens with one attached hydrogen (secondary N) is 3. The molecule has 0 aromatic heterocycles. The lowest BCUT2D eigenvalue weighted by Gasteiger charge is -2.19. The molecule has 1 rings (SSSR count). The summed E-state index contributed by atoms with van der Waals surface area (Å²) < 4.78 is 5.07. The molecular formula is C19H29N3O4. The van der Waals surface area contributed by atoms with Crippen molar-refractivity contribution in [3.05, 3.63) is 35.4 Å². The van der Waals surface area contributed by atoms with Gasteiger partial charge in [-0.05, 0) is 33.3 Å². The molecule has 7 nitrogen and oxygen atoms in total. The van der Waals surface area contributed by atoms with Crippen molar-refractivity contribution in [2.24, 2.45) is 0 Å². The number of carbonyl (C=O) groups is 3. The number of alkyl carbamates (subject to hydrolysis) is 1. The van der Waals surface area contributed by atoms with E-state index >= 15 is 0 Å². The van der Waals surface area contributed by atoms with Crippen LogP contribution in [0.15, 0.2) is 24.3 Å². The van der Waals surface area contributed by atoms with Crippen LogP contribution < -0.4 is 16.0 Å². The molecule has 0 spiro atoms. The van der Waals surface area contributed by atoms with E-state index in [0.717, 1.165) is 11.1 Å². The molecule has 7 heteroatoms. The Morgan fingerprint density at radius 2 is 1.62 bits per heavy atom. The highest BCUT2D eigenvalue weighted by molar-refractivity contribution is 5.79. The lowest BCUT2D eigenvalue weighted by molar-refractivity contribution is -0.122. The fourth-order valence-corrected chi connectivity index (χ4v) is 2.15. The number of aryl methyl sites for hydroxylation is 1. The van der Waals surface area contributed by atoms with Crippen LogP contribution in [-0.4, -0.2) is 43.1 Å². The van der Waals surface area contributed by atoms with E-state index in [0.29, 0.717) is 19.5 Å². The Morgan fingerprint density at radius 3 is 2.23 bits per heavy atom. The van der Waals surface area contributed by atoms with Crippen molar-refractivity contribution in [2.75, 3.05) is 19.6 Å². The van der Waals surface area contributed by atoms with E-state index in [2.05, 4.69) is 16.0 Å². The van der Waals surface area contributed by atoms with Gasteiger partial charge >= 0.3 is 6.09 Å². The molecule has 0 saturated heterocycles. The van der Waals surface area contributed by atoms with E-state index in [4.69, 9.17) is 4.74 Å². The predicted octanol–water partition coefficient (Wildman–Crippen LogP) is 1.68. The third-order valence-corrected chi connectivity index (χ3v) is 3.24. The number of hydrogen-bond acceptors (Lipinski definition) is 4. The fraction of sp³-hybridized carbons (Fsp3) is 0.526. The van der Waals surface area contributed by atoms with Crippen molar-refractivity contribution in [1.82, 2.24) is 16.0 Å².